The number of nitrogens with one attached hydrogen (secondary N) is 2. The van der Waals surface area contributed by atoms with Crippen molar-refractivity contribution in [3.8, 4) is 5.75 Å². The molecule has 2 N–H and O–H groups in total. The van der Waals surface area contributed by atoms with E-state index in [2.05, 4.69) is 20.6 Å². The summed E-state index contributed by atoms with van der Waals surface area (Å²) in [6.07, 6.45) is 0.0975. The van der Waals surface area contributed by atoms with Gasteiger partial charge in [-0.3, -0.25) is 9.59 Å². The molecule has 2 aromatic heterocycles. The van der Waals surface area contributed by atoms with Crippen LogP contribution >= 0.6 is 0 Å². The molecule has 0 saturated carbocycles. The van der Waals surface area contributed by atoms with Crippen LogP contribution < -0.4 is 15.6 Å². The molecule has 0 bridgehead atoms. The van der Waals surface area contributed by atoms with Gasteiger partial charge in [-0.25, -0.2) is 4.52 Å². The highest BCUT2D eigenvalue weighted by atomic mass is 16.5. The van der Waals surface area contributed by atoms with E-state index in [0.29, 0.717) is 17.6 Å². The van der Waals surface area contributed by atoms with Crippen molar-refractivity contribution < 1.29 is 9.53 Å². The summed E-state index contributed by atoms with van der Waals surface area (Å²) in [5.41, 5.74) is 2.94. The molecule has 4 rings (SSSR count). The third-order valence-electron chi connectivity index (χ3n) is 4.48. The zero-order valence-corrected chi connectivity index (χ0v) is 16.4. The quantitative estimate of drug-likeness (QED) is 0.545. The minimum absolute atomic E-state index is 0.00603. The lowest BCUT2D eigenvalue weighted by atomic mass is 10.2. The van der Waals surface area contributed by atoms with Crippen molar-refractivity contribution in [1.82, 2.24) is 25.1 Å². The van der Waals surface area contributed by atoms with E-state index in [-0.39, 0.29) is 17.3 Å². The Bertz CT molecular complexity index is 1260. The van der Waals surface area contributed by atoms with Crippen LogP contribution in [-0.2, 0) is 6.54 Å². The number of benzene rings is 2. The SMILES string of the molecule is Cc1ccc2c(c1)[nH]c(=O)c1c(C(=O)NCc3ccc(OC(C)C)cc3)nnn12. The third kappa shape index (κ3) is 3.69. The Labute approximate surface area is 166 Å². The molecule has 0 saturated heterocycles. The number of aromatic nitrogens is 4. The van der Waals surface area contributed by atoms with Crippen molar-refractivity contribution in [3.05, 3.63) is 69.6 Å². The number of amides is 1. The number of carbonyl (C=O) groups excluding carboxylic acids is 1. The maximum Gasteiger partial charge on any atom is 0.277 e. The van der Waals surface area contributed by atoms with Crippen molar-refractivity contribution in [3.63, 3.8) is 0 Å². The van der Waals surface area contributed by atoms with E-state index in [1.54, 1.807) is 0 Å². The van der Waals surface area contributed by atoms with Crippen LogP contribution in [0.15, 0.2) is 47.3 Å². The Balaban J connectivity index is 1.57. The minimum atomic E-state index is -0.459. The van der Waals surface area contributed by atoms with Gasteiger partial charge in [0.05, 0.1) is 17.1 Å². The number of hydrogen-bond donors (Lipinski definition) is 2. The summed E-state index contributed by atoms with van der Waals surface area (Å²) in [6, 6.07) is 13.1. The van der Waals surface area contributed by atoms with E-state index in [9.17, 15) is 9.59 Å². The molecule has 0 radical (unpaired) electrons. The Morgan fingerprint density at radius 1 is 1.21 bits per heavy atom. The second-order valence-electron chi connectivity index (χ2n) is 7.17. The Morgan fingerprint density at radius 3 is 2.69 bits per heavy atom. The fraction of sp³-hybridized carbons (Fsp3) is 0.238. The first-order valence-electron chi connectivity index (χ1n) is 9.34. The average molecular weight is 391 g/mol. The van der Waals surface area contributed by atoms with Gasteiger partial charge in [-0.05, 0) is 56.2 Å². The van der Waals surface area contributed by atoms with E-state index < -0.39 is 11.5 Å². The second-order valence-corrected chi connectivity index (χ2v) is 7.17. The predicted molar refractivity (Wildman–Crippen MR) is 109 cm³/mol. The summed E-state index contributed by atoms with van der Waals surface area (Å²) < 4.78 is 7.01. The van der Waals surface area contributed by atoms with Gasteiger partial charge in [-0.2, -0.15) is 0 Å². The number of aryl methyl sites for hydroxylation is 1. The number of hydrogen-bond acceptors (Lipinski definition) is 5. The van der Waals surface area contributed by atoms with Gasteiger partial charge in [0.15, 0.2) is 11.2 Å². The predicted octanol–water partition coefficient (Wildman–Crippen LogP) is 2.60. The van der Waals surface area contributed by atoms with Gasteiger partial charge in [-0.15, -0.1) is 5.10 Å². The van der Waals surface area contributed by atoms with Crippen molar-refractivity contribution in [2.75, 3.05) is 0 Å². The first-order valence-corrected chi connectivity index (χ1v) is 9.34. The Morgan fingerprint density at radius 2 is 1.97 bits per heavy atom. The number of rotatable bonds is 5. The molecule has 2 aromatic carbocycles. The monoisotopic (exact) mass is 391 g/mol. The molecule has 2 heterocycles. The van der Waals surface area contributed by atoms with E-state index in [0.717, 1.165) is 16.9 Å². The number of ether oxygens (including phenoxy) is 1. The standard InChI is InChI=1S/C21H21N5O3/c1-12(2)29-15-7-5-14(6-8-15)11-22-20(27)18-19-21(28)23-16-10-13(3)4-9-17(16)26(19)25-24-18/h4-10,12H,11H2,1-3H3,(H,22,27)(H,23,28). The highest BCUT2D eigenvalue weighted by Crippen LogP contribution is 2.16. The van der Waals surface area contributed by atoms with Gasteiger partial charge in [0.1, 0.15) is 5.75 Å². The molecule has 8 heteroatoms. The summed E-state index contributed by atoms with van der Waals surface area (Å²) in [7, 11) is 0. The van der Waals surface area contributed by atoms with E-state index in [4.69, 9.17) is 4.74 Å². The van der Waals surface area contributed by atoms with Crippen LogP contribution in [0.3, 0.4) is 0 Å². The Kier molecular flexibility index (Phi) is 4.75. The van der Waals surface area contributed by atoms with Gasteiger partial charge in [-0.1, -0.05) is 23.4 Å². The molecular weight excluding hydrogens is 370 g/mol. The van der Waals surface area contributed by atoms with E-state index in [1.807, 2.05) is 63.2 Å². The first kappa shape index (κ1) is 18.7. The number of fused-ring (bicyclic) bond motifs is 3. The van der Waals surface area contributed by atoms with Crippen molar-refractivity contribution in [2.24, 2.45) is 0 Å². The molecule has 0 spiro atoms. The van der Waals surface area contributed by atoms with Crippen LogP contribution in [0.4, 0.5) is 0 Å². The zero-order chi connectivity index (χ0) is 20.5. The molecule has 0 aliphatic rings. The molecule has 0 atom stereocenters. The highest BCUT2D eigenvalue weighted by molar-refractivity contribution is 5.99. The topological polar surface area (TPSA) is 101 Å². The van der Waals surface area contributed by atoms with Crippen molar-refractivity contribution in [1.29, 1.82) is 0 Å². The number of H-pyrrole nitrogens is 1. The third-order valence-corrected chi connectivity index (χ3v) is 4.48. The van der Waals surface area contributed by atoms with Crippen molar-refractivity contribution in [2.45, 2.75) is 33.4 Å². The maximum absolute atomic E-state index is 12.6. The van der Waals surface area contributed by atoms with E-state index >= 15 is 0 Å². The van der Waals surface area contributed by atoms with Crippen LogP contribution in [0.5, 0.6) is 5.75 Å². The fourth-order valence-electron chi connectivity index (χ4n) is 3.15. The summed E-state index contributed by atoms with van der Waals surface area (Å²) in [6.45, 7) is 6.15. The highest BCUT2D eigenvalue weighted by Gasteiger charge is 2.19. The lowest BCUT2D eigenvalue weighted by Gasteiger charge is -2.10. The second kappa shape index (κ2) is 7.38. The Hall–Kier alpha value is -3.68. The minimum Gasteiger partial charge on any atom is -0.491 e. The van der Waals surface area contributed by atoms with Gasteiger partial charge >= 0.3 is 0 Å². The lowest BCUT2D eigenvalue weighted by molar-refractivity contribution is 0.0947. The van der Waals surface area contributed by atoms with Gasteiger partial charge in [0.25, 0.3) is 11.5 Å². The van der Waals surface area contributed by atoms with Crippen LogP contribution in [0.1, 0.15) is 35.5 Å². The maximum atomic E-state index is 12.6. The van der Waals surface area contributed by atoms with Crippen LogP contribution in [0.2, 0.25) is 0 Å². The molecule has 0 fully saturated rings. The van der Waals surface area contributed by atoms with E-state index in [1.165, 1.54) is 4.52 Å². The fourth-order valence-corrected chi connectivity index (χ4v) is 3.15. The van der Waals surface area contributed by atoms with Crippen molar-refractivity contribution >= 4 is 22.5 Å². The van der Waals surface area contributed by atoms with Crippen LogP contribution in [0.25, 0.3) is 16.6 Å². The molecule has 29 heavy (non-hydrogen) atoms. The van der Waals surface area contributed by atoms with Crippen LogP contribution in [0, 0.1) is 6.92 Å². The molecule has 148 valence electrons. The smallest absolute Gasteiger partial charge is 0.277 e. The average Bonchev–Trinajstić information content (AvgIpc) is 3.12. The summed E-state index contributed by atoms with van der Waals surface area (Å²) in [5.74, 6) is 0.312. The normalized spacial score (nSPS) is 11.3. The summed E-state index contributed by atoms with van der Waals surface area (Å²) >= 11 is 0. The first-order chi connectivity index (χ1) is 13.9. The number of aromatic amines is 1. The summed E-state index contributed by atoms with van der Waals surface area (Å²) in [4.78, 5) is 28.0. The van der Waals surface area contributed by atoms with Crippen LogP contribution in [-0.4, -0.2) is 31.8 Å². The molecule has 0 aliphatic heterocycles. The zero-order valence-electron chi connectivity index (χ0n) is 16.4. The molecule has 0 aliphatic carbocycles. The molecule has 4 aromatic rings. The molecule has 1 amide bonds. The number of carbonyl (C=O) groups is 1. The lowest BCUT2D eigenvalue weighted by Crippen LogP contribution is -2.25. The van der Waals surface area contributed by atoms with Gasteiger partial charge < -0.3 is 15.0 Å². The molecular formula is C21H21N5O3. The molecule has 0 unspecified atom stereocenters. The van der Waals surface area contributed by atoms with Gasteiger partial charge in [0.2, 0.25) is 0 Å². The van der Waals surface area contributed by atoms with Gasteiger partial charge in [0, 0.05) is 6.54 Å². The molecule has 8 nitrogen and oxygen atoms in total. The number of nitrogens with zero attached hydrogens (tertiary/aromatic N) is 3. The largest absolute Gasteiger partial charge is 0.491 e. The summed E-state index contributed by atoms with van der Waals surface area (Å²) in [5, 5.41) is 10.8.